The lowest BCUT2D eigenvalue weighted by molar-refractivity contribution is 0.340. The lowest BCUT2D eigenvalue weighted by atomic mass is 9.88. The summed E-state index contributed by atoms with van der Waals surface area (Å²) in [7, 11) is 0. The molecular formula is C28H36N2O2S. The zero-order chi connectivity index (χ0) is 22.2. The summed E-state index contributed by atoms with van der Waals surface area (Å²) in [6, 6.07) is 10.3. The molecule has 2 unspecified atom stereocenters. The summed E-state index contributed by atoms with van der Waals surface area (Å²) in [5.41, 5.74) is 2.40. The van der Waals surface area contributed by atoms with Crippen LogP contribution in [0.4, 0.5) is 5.69 Å². The van der Waals surface area contributed by atoms with Gasteiger partial charge < -0.3 is 9.32 Å². The van der Waals surface area contributed by atoms with Crippen LogP contribution in [0, 0.1) is 0 Å². The summed E-state index contributed by atoms with van der Waals surface area (Å²) in [6.07, 6.45) is 18.1. The van der Waals surface area contributed by atoms with Gasteiger partial charge in [0.2, 0.25) is 0 Å². The topological polar surface area (TPSA) is 45.8 Å². The molecule has 33 heavy (non-hydrogen) atoms. The number of nitrogens with zero attached hydrogens (tertiary/aromatic N) is 2. The zero-order valence-electron chi connectivity index (χ0n) is 19.6. The van der Waals surface area contributed by atoms with Gasteiger partial charge in [0.25, 0.3) is 0 Å². The largest absolute Gasteiger partial charge is 0.422 e. The van der Waals surface area contributed by atoms with Crippen molar-refractivity contribution in [3.63, 3.8) is 0 Å². The fourth-order valence-electron chi connectivity index (χ4n) is 6.67. The van der Waals surface area contributed by atoms with E-state index in [9.17, 15) is 4.79 Å². The molecule has 1 aromatic carbocycles. The molecule has 3 saturated carbocycles. The average molecular weight is 465 g/mol. The van der Waals surface area contributed by atoms with E-state index < -0.39 is 0 Å². The molecular weight excluding hydrogens is 428 g/mol. The fraction of sp³-hybridized carbons (Fsp3) is 0.643. The first kappa shape index (κ1) is 21.8. The first-order chi connectivity index (χ1) is 16.3. The van der Waals surface area contributed by atoms with E-state index in [1.54, 1.807) is 11.8 Å². The van der Waals surface area contributed by atoms with Crippen molar-refractivity contribution in [2.45, 2.75) is 113 Å². The number of hydrogen-bond acceptors (Lipinski definition) is 5. The second kappa shape index (κ2) is 9.48. The van der Waals surface area contributed by atoms with Crippen LogP contribution < -0.4 is 10.5 Å². The number of benzene rings is 1. The van der Waals surface area contributed by atoms with Crippen LogP contribution in [0.5, 0.6) is 0 Å². The minimum atomic E-state index is -0.230. The highest BCUT2D eigenvalue weighted by Gasteiger charge is 2.34. The summed E-state index contributed by atoms with van der Waals surface area (Å²) < 4.78 is 5.95. The van der Waals surface area contributed by atoms with Crippen molar-refractivity contribution in [1.82, 2.24) is 0 Å². The molecule has 0 N–H and O–H groups in total. The van der Waals surface area contributed by atoms with Gasteiger partial charge in [-0.05, 0) is 56.7 Å². The Morgan fingerprint density at radius 3 is 2.18 bits per heavy atom. The van der Waals surface area contributed by atoms with Gasteiger partial charge >= 0.3 is 5.63 Å². The summed E-state index contributed by atoms with van der Waals surface area (Å²) in [5, 5.41) is 2.46. The molecule has 2 heterocycles. The molecule has 3 aliphatic carbocycles. The van der Waals surface area contributed by atoms with Gasteiger partial charge in [0.05, 0.1) is 11.6 Å². The van der Waals surface area contributed by atoms with Gasteiger partial charge in [0, 0.05) is 34.5 Å². The second-order valence-electron chi connectivity index (χ2n) is 10.6. The number of thioether (sulfide) groups is 1. The fourth-order valence-corrected chi connectivity index (χ4v) is 8.06. The van der Waals surface area contributed by atoms with Crippen molar-refractivity contribution in [2.24, 2.45) is 4.99 Å². The van der Waals surface area contributed by atoms with Gasteiger partial charge in [-0.2, -0.15) is 0 Å². The summed E-state index contributed by atoms with van der Waals surface area (Å²) >= 11 is 1.80. The van der Waals surface area contributed by atoms with E-state index in [0.29, 0.717) is 28.9 Å². The van der Waals surface area contributed by atoms with Gasteiger partial charge in [0.15, 0.2) is 0 Å². The highest BCUT2D eigenvalue weighted by atomic mass is 32.2. The molecule has 0 spiro atoms. The van der Waals surface area contributed by atoms with E-state index >= 15 is 0 Å². The Balaban J connectivity index is 1.33. The summed E-state index contributed by atoms with van der Waals surface area (Å²) in [5.74, 6) is 0. The molecule has 6 rings (SSSR count). The molecule has 3 fully saturated rings. The lowest BCUT2D eigenvalue weighted by Gasteiger charge is -2.43. The predicted molar refractivity (Wildman–Crippen MR) is 139 cm³/mol. The van der Waals surface area contributed by atoms with Crippen LogP contribution in [0.15, 0.2) is 38.5 Å². The number of aliphatic imine (C=N–C) groups is 1. The Bertz CT molecular complexity index is 1060. The van der Waals surface area contributed by atoms with Crippen LogP contribution in [0.3, 0.4) is 0 Å². The molecule has 5 heteroatoms. The number of anilines is 1. The predicted octanol–water partition coefficient (Wildman–Crippen LogP) is 7.07. The van der Waals surface area contributed by atoms with Crippen molar-refractivity contribution >= 4 is 33.5 Å². The van der Waals surface area contributed by atoms with Crippen LogP contribution >= 0.6 is 11.8 Å². The van der Waals surface area contributed by atoms with Crippen LogP contribution in [-0.4, -0.2) is 28.4 Å². The van der Waals surface area contributed by atoms with Crippen LogP contribution in [-0.2, 0) is 0 Å². The van der Waals surface area contributed by atoms with E-state index in [1.807, 2.05) is 6.07 Å². The highest BCUT2D eigenvalue weighted by molar-refractivity contribution is 8.15. The molecule has 4 aliphatic rings. The molecule has 176 valence electrons. The number of fused-ring (bicyclic) bond motifs is 2. The maximum absolute atomic E-state index is 13.0. The van der Waals surface area contributed by atoms with Gasteiger partial charge in [-0.25, -0.2) is 4.79 Å². The highest BCUT2D eigenvalue weighted by Crippen LogP contribution is 2.39. The Morgan fingerprint density at radius 2 is 1.48 bits per heavy atom. The molecule has 1 aliphatic heterocycles. The Hall–Kier alpha value is -1.75. The van der Waals surface area contributed by atoms with E-state index in [2.05, 4.69) is 23.1 Å². The second-order valence-corrected chi connectivity index (χ2v) is 11.8. The Labute approximate surface area is 201 Å². The number of hydrogen-bond donors (Lipinski definition) is 0. The van der Waals surface area contributed by atoms with Crippen LogP contribution in [0.1, 0.15) is 95.5 Å². The standard InChI is InChI=1S/C28H36N2O2S/c31-28-23(27-29-24-13-7-8-14-26(24)33-27)17-19-15-16-22(18-25(19)32-28)30(20-9-3-1-4-10-20)21-11-5-2-6-12-21/h15-18,20-21,24,26H,1-14H2. The van der Waals surface area contributed by atoms with Gasteiger partial charge in [-0.3, -0.25) is 4.99 Å². The minimum Gasteiger partial charge on any atom is -0.422 e. The molecule has 2 atom stereocenters. The SMILES string of the molecule is O=c1oc2cc(N(C3CCCCC3)C3CCCCC3)ccc2cc1C1=NC2CCCCC2S1. The van der Waals surface area contributed by atoms with Crippen molar-refractivity contribution < 1.29 is 4.42 Å². The average Bonchev–Trinajstić information content (AvgIpc) is 3.29. The molecule has 0 amide bonds. The maximum Gasteiger partial charge on any atom is 0.346 e. The van der Waals surface area contributed by atoms with Gasteiger partial charge in [-0.15, -0.1) is 11.8 Å². The maximum atomic E-state index is 13.0. The monoisotopic (exact) mass is 464 g/mol. The third-order valence-corrected chi connectivity index (χ3v) is 9.80. The molecule has 2 aromatic rings. The Kier molecular flexibility index (Phi) is 6.25. The van der Waals surface area contributed by atoms with E-state index in [4.69, 9.17) is 9.41 Å². The first-order valence-electron chi connectivity index (χ1n) is 13.4. The van der Waals surface area contributed by atoms with Gasteiger partial charge in [-0.1, -0.05) is 51.4 Å². The summed E-state index contributed by atoms with van der Waals surface area (Å²) in [4.78, 5) is 20.7. The quantitative estimate of drug-likeness (QED) is 0.454. The minimum absolute atomic E-state index is 0.230. The smallest absolute Gasteiger partial charge is 0.346 e. The van der Waals surface area contributed by atoms with E-state index in [1.165, 1.54) is 89.2 Å². The van der Waals surface area contributed by atoms with E-state index in [0.717, 1.165) is 22.4 Å². The molecule has 0 saturated heterocycles. The van der Waals surface area contributed by atoms with Crippen molar-refractivity contribution in [2.75, 3.05) is 4.90 Å². The van der Waals surface area contributed by atoms with Crippen molar-refractivity contribution in [3.8, 4) is 0 Å². The third kappa shape index (κ3) is 4.38. The third-order valence-electron chi connectivity index (χ3n) is 8.40. The van der Waals surface area contributed by atoms with Crippen molar-refractivity contribution in [1.29, 1.82) is 0 Å². The molecule has 4 nitrogen and oxygen atoms in total. The molecule has 0 radical (unpaired) electrons. The Morgan fingerprint density at radius 1 is 0.818 bits per heavy atom. The van der Waals surface area contributed by atoms with Crippen LogP contribution in [0.25, 0.3) is 11.0 Å². The molecule has 0 bridgehead atoms. The lowest BCUT2D eigenvalue weighted by Crippen LogP contribution is -2.45. The summed E-state index contributed by atoms with van der Waals surface area (Å²) in [6.45, 7) is 0. The zero-order valence-corrected chi connectivity index (χ0v) is 20.5. The van der Waals surface area contributed by atoms with Gasteiger partial charge in [0.1, 0.15) is 10.6 Å². The van der Waals surface area contributed by atoms with E-state index in [-0.39, 0.29) is 5.63 Å². The normalized spacial score (nSPS) is 26.8. The first-order valence-corrected chi connectivity index (χ1v) is 14.3. The van der Waals surface area contributed by atoms with Crippen LogP contribution in [0.2, 0.25) is 0 Å². The van der Waals surface area contributed by atoms with Crippen molar-refractivity contribution in [3.05, 3.63) is 40.2 Å². The number of rotatable bonds is 4. The molecule has 1 aromatic heterocycles.